The van der Waals surface area contributed by atoms with Gasteiger partial charge in [0.15, 0.2) is 0 Å². The largest absolute Gasteiger partial charge is 0.478 e. The van der Waals surface area contributed by atoms with E-state index in [9.17, 15) is 29.9 Å². The van der Waals surface area contributed by atoms with Gasteiger partial charge in [-0.05, 0) is 72.4 Å². The highest BCUT2D eigenvalue weighted by Gasteiger charge is 2.23. The molecule has 0 atom stereocenters. The summed E-state index contributed by atoms with van der Waals surface area (Å²) in [5.74, 6) is -2.38. The molecule has 0 fully saturated rings. The van der Waals surface area contributed by atoms with Crippen LogP contribution >= 0.6 is 0 Å². The van der Waals surface area contributed by atoms with Crippen molar-refractivity contribution in [1.82, 2.24) is 0 Å². The van der Waals surface area contributed by atoms with E-state index in [4.69, 9.17) is 0 Å². The van der Waals surface area contributed by atoms with E-state index in [1.165, 1.54) is 18.2 Å². The number of carbonyl (C=O) groups is 2. The second-order valence-electron chi connectivity index (χ2n) is 9.51. The van der Waals surface area contributed by atoms with Crippen molar-refractivity contribution in [2.75, 3.05) is 0 Å². The second kappa shape index (κ2) is 7.97. The third-order valence-electron chi connectivity index (χ3n) is 7.63. The fourth-order valence-corrected chi connectivity index (χ4v) is 6.08. The first-order valence-electron chi connectivity index (χ1n) is 12.2. The van der Waals surface area contributed by atoms with Crippen LogP contribution in [0.3, 0.4) is 0 Å². The Balaban J connectivity index is 1.65. The quantitative estimate of drug-likeness (QED) is 0.107. The van der Waals surface area contributed by atoms with Gasteiger partial charge in [0.2, 0.25) is 0 Å². The van der Waals surface area contributed by atoms with Crippen LogP contribution in [0.2, 0.25) is 0 Å². The van der Waals surface area contributed by atoms with Gasteiger partial charge in [-0.15, -0.1) is 0 Å². The van der Waals surface area contributed by atoms with Gasteiger partial charge in [-0.1, -0.05) is 66.7 Å². The Kier molecular flexibility index (Phi) is 4.62. The van der Waals surface area contributed by atoms with Gasteiger partial charge < -0.3 is 10.2 Å². The normalized spacial score (nSPS) is 11.7. The van der Waals surface area contributed by atoms with Crippen molar-refractivity contribution in [1.29, 1.82) is 0 Å². The predicted octanol–water partition coefficient (Wildman–Crippen LogP) is 7.86. The highest BCUT2D eigenvalue weighted by atomic mass is 16.6. The molecule has 0 aromatic heterocycles. The van der Waals surface area contributed by atoms with Crippen molar-refractivity contribution >= 4 is 71.5 Å². The first kappa shape index (κ1) is 22.6. The highest BCUT2D eigenvalue weighted by Crippen LogP contribution is 2.45. The number of nitrogens with zero attached hydrogens (tertiary/aromatic N) is 1. The number of benzene rings is 7. The zero-order chi connectivity index (χ0) is 27.0. The molecule has 0 aliphatic rings. The van der Waals surface area contributed by atoms with E-state index < -0.39 is 11.9 Å². The molecule has 0 saturated carbocycles. The van der Waals surface area contributed by atoms with Crippen LogP contribution in [-0.2, 0) is 0 Å². The first-order chi connectivity index (χ1) is 18.9. The van der Waals surface area contributed by atoms with E-state index in [0.29, 0.717) is 10.8 Å². The predicted molar refractivity (Wildman–Crippen MR) is 151 cm³/mol. The topological polar surface area (TPSA) is 118 Å². The van der Waals surface area contributed by atoms with Crippen molar-refractivity contribution in [2.24, 2.45) is 0 Å². The zero-order valence-electron chi connectivity index (χ0n) is 20.1. The van der Waals surface area contributed by atoms with Gasteiger partial charge in [0.1, 0.15) is 0 Å². The smallest absolute Gasteiger partial charge is 0.336 e. The first-order valence-corrected chi connectivity index (χ1v) is 12.2. The molecule has 7 nitrogen and oxygen atoms in total. The van der Waals surface area contributed by atoms with E-state index in [2.05, 4.69) is 0 Å². The lowest BCUT2D eigenvalue weighted by molar-refractivity contribution is -0.383. The van der Waals surface area contributed by atoms with Gasteiger partial charge in [-0.25, -0.2) is 9.59 Å². The van der Waals surface area contributed by atoms with Crippen molar-refractivity contribution in [3.05, 3.63) is 112 Å². The molecule has 186 valence electrons. The number of fused-ring (bicyclic) bond motifs is 3. The molecule has 0 bridgehead atoms. The average Bonchev–Trinajstić information content (AvgIpc) is 2.94. The minimum absolute atomic E-state index is 0.0427. The van der Waals surface area contributed by atoms with Crippen LogP contribution in [0.5, 0.6) is 0 Å². The maximum Gasteiger partial charge on any atom is 0.336 e. The Labute approximate surface area is 219 Å². The van der Waals surface area contributed by atoms with E-state index in [0.717, 1.165) is 48.8 Å². The molecule has 0 saturated heterocycles. The standard InChI is InChI=1S/C32H17NO6/c34-31(35)25-14-12-23-21-8-2-7-20-18(16-4-1-6-19-17(16)5-3-9-27(19)33(38)39)10-11-22(28(20)21)24-13-15-26(32(36)37)30(25)29(23)24/h1-15H,(H,34,35)(H,36,37). The molecule has 7 heteroatoms. The molecule has 39 heavy (non-hydrogen) atoms. The van der Waals surface area contributed by atoms with Gasteiger partial charge >= 0.3 is 11.9 Å². The van der Waals surface area contributed by atoms with E-state index in [1.54, 1.807) is 24.3 Å². The second-order valence-corrected chi connectivity index (χ2v) is 9.51. The fraction of sp³-hybridized carbons (Fsp3) is 0. The summed E-state index contributed by atoms with van der Waals surface area (Å²) < 4.78 is 0. The van der Waals surface area contributed by atoms with E-state index in [1.807, 2.05) is 48.5 Å². The minimum atomic E-state index is -1.19. The molecule has 7 aromatic carbocycles. The molecule has 0 amide bonds. The van der Waals surface area contributed by atoms with E-state index in [-0.39, 0.29) is 27.1 Å². The maximum absolute atomic E-state index is 12.1. The Morgan fingerprint density at radius 3 is 1.67 bits per heavy atom. The van der Waals surface area contributed by atoms with Crippen molar-refractivity contribution < 1.29 is 24.7 Å². The van der Waals surface area contributed by atoms with Crippen molar-refractivity contribution in [2.45, 2.75) is 0 Å². The van der Waals surface area contributed by atoms with Gasteiger partial charge in [0.05, 0.1) is 21.4 Å². The number of aromatic carboxylic acids is 2. The molecule has 0 radical (unpaired) electrons. The number of nitro benzene ring substituents is 1. The summed E-state index contributed by atoms with van der Waals surface area (Å²) in [6.07, 6.45) is 0. The van der Waals surface area contributed by atoms with Crippen LogP contribution in [0.25, 0.3) is 65.0 Å². The van der Waals surface area contributed by atoms with Gasteiger partial charge in [-0.3, -0.25) is 10.1 Å². The van der Waals surface area contributed by atoms with E-state index >= 15 is 0 Å². The summed E-state index contributed by atoms with van der Waals surface area (Å²) in [6.45, 7) is 0. The summed E-state index contributed by atoms with van der Waals surface area (Å²) in [5, 5.41) is 38.7. The van der Waals surface area contributed by atoms with Crippen LogP contribution in [-0.4, -0.2) is 27.1 Å². The van der Waals surface area contributed by atoms with Crippen LogP contribution in [0.1, 0.15) is 20.7 Å². The molecule has 7 aromatic rings. The maximum atomic E-state index is 12.1. The summed E-state index contributed by atoms with van der Waals surface area (Å²) in [6, 6.07) is 26.8. The van der Waals surface area contributed by atoms with Gasteiger partial charge in [0.25, 0.3) is 5.69 Å². The SMILES string of the molecule is O=C(O)c1ccc2c3cccc4c(-c5cccc6c([N+](=O)[O-])cccc56)ccc(c5ccc(C(=O)O)c1c25)c43. The lowest BCUT2D eigenvalue weighted by Gasteiger charge is -2.18. The zero-order valence-corrected chi connectivity index (χ0v) is 20.1. The lowest BCUT2D eigenvalue weighted by atomic mass is 9.84. The number of non-ortho nitro benzene ring substituents is 1. The Bertz CT molecular complexity index is 2150. The summed E-state index contributed by atoms with van der Waals surface area (Å²) in [4.78, 5) is 35.5. The number of carboxylic acids is 2. The fourth-order valence-electron chi connectivity index (χ4n) is 6.08. The third-order valence-corrected chi connectivity index (χ3v) is 7.63. The Hall–Kier alpha value is -5.56. The van der Waals surface area contributed by atoms with Crippen LogP contribution in [0, 0.1) is 10.1 Å². The molecular weight excluding hydrogens is 494 g/mol. The Morgan fingerprint density at radius 2 is 1.00 bits per heavy atom. The number of carboxylic acid groups (broad SMARTS) is 2. The third kappa shape index (κ3) is 3.04. The summed E-state index contributed by atoms with van der Waals surface area (Å²) >= 11 is 0. The van der Waals surface area contributed by atoms with Crippen LogP contribution in [0.4, 0.5) is 5.69 Å². The monoisotopic (exact) mass is 511 g/mol. The molecule has 7 rings (SSSR count). The molecule has 2 N–H and O–H groups in total. The Morgan fingerprint density at radius 1 is 0.513 bits per heavy atom. The lowest BCUT2D eigenvalue weighted by Crippen LogP contribution is -2.05. The number of rotatable bonds is 4. The molecule has 0 spiro atoms. The van der Waals surface area contributed by atoms with Gasteiger partial charge in [-0.2, -0.15) is 0 Å². The van der Waals surface area contributed by atoms with Crippen LogP contribution < -0.4 is 0 Å². The molecule has 0 unspecified atom stereocenters. The van der Waals surface area contributed by atoms with Crippen molar-refractivity contribution in [3.8, 4) is 11.1 Å². The van der Waals surface area contributed by atoms with Gasteiger partial charge in [0, 0.05) is 11.5 Å². The summed E-state index contributed by atoms with van der Waals surface area (Å²) in [7, 11) is 0. The molecule has 0 heterocycles. The number of nitro groups is 1. The molecule has 0 aliphatic heterocycles. The minimum Gasteiger partial charge on any atom is -0.478 e. The molecule has 0 aliphatic carbocycles. The van der Waals surface area contributed by atoms with Crippen LogP contribution in [0.15, 0.2) is 91.0 Å². The molecular formula is C32H17NO6. The average molecular weight is 511 g/mol. The highest BCUT2D eigenvalue weighted by molar-refractivity contribution is 6.37. The number of hydrogen-bond donors (Lipinski definition) is 2. The number of hydrogen-bond acceptors (Lipinski definition) is 4. The van der Waals surface area contributed by atoms with Crippen molar-refractivity contribution in [3.63, 3.8) is 0 Å². The summed E-state index contributed by atoms with van der Waals surface area (Å²) in [5.41, 5.74) is 1.69.